The molecule has 1 aliphatic heterocycles. The predicted molar refractivity (Wildman–Crippen MR) is 143 cm³/mol. The van der Waals surface area contributed by atoms with Crippen molar-refractivity contribution in [2.75, 3.05) is 27.9 Å². The molecule has 0 spiro atoms. The van der Waals surface area contributed by atoms with Crippen LogP contribution < -0.4 is 18.9 Å². The van der Waals surface area contributed by atoms with E-state index in [1.807, 2.05) is 25.1 Å². The summed E-state index contributed by atoms with van der Waals surface area (Å²) in [5, 5.41) is 11.4. The number of hydrogen-bond donors (Lipinski definition) is 1. The summed E-state index contributed by atoms with van der Waals surface area (Å²) >= 11 is 0. The Bertz CT molecular complexity index is 1360. The van der Waals surface area contributed by atoms with Crippen LogP contribution in [-0.4, -0.2) is 49.6 Å². The predicted octanol–water partition coefficient (Wildman–Crippen LogP) is 5.12. The van der Waals surface area contributed by atoms with Crippen LogP contribution in [0.25, 0.3) is 5.76 Å². The first-order valence-electron chi connectivity index (χ1n) is 12.3. The molecule has 0 radical (unpaired) electrons. The monoisotopic (exact) mass is 517 g/mol. The normalized spacial score (nSPS) is 16.4. The number of para-hydroxylation sites is 1. The van der Waals surface area contributed by atoms with E-state index >= 15 is 0 Å². The van der Waals surface area contributed by atoms with E-state index in [2.05, 4.69) is 0 Å². The number of likely N-dealkylation sites (tertiary alicyclic amines) is 1. The third-order valence-corrected chi connectivity index (χ3v) is 6.38. The van der Waals surface area contributed by atoms with Crippen molar-refractivity contribution in [1.82, 2.24) is 4.90 Å². The van der Waals surface area contributed by atoms with E-state index in [0.29, 0.717) is 40.7 Å². The van der Waals surface area contributed by atoms with Crippen LogP contribution >= 0.6 is 0 Å². The number of aliphatic hydroxyl groups is 1. The number of benzene rings is 3. The first-order chi connectivity index (χ1) is 18.4. The molecule has 1 saturated heterocycles. The molecule has 1 atom stereocenters. The highest BCUT2D eigenvalue weighted by atomic mass is 16.5. The molecule has 1 aliphatic rings. The van der Waals surface area contributed by atoms with Gasteiger partial charge in [-0.1, -0.05) is 43.3 Å². The zero-order chi connectivity index (χ0) is 27.2. The van der Waals surface area contributed by atoms with E-state index in [1.54, 1.807) is 55.6 Å². The number of ketones is 1. The van der Waals surface area contributed by atoms with Crippen LogP contribution in [0.1, 0.15) is 36.1 Å². The minimum atomic E-state index is -0.889. The van der Waals surface area contributed by atoms with Gasteiger partial charge in [-0.2, -0.15) is 0 Å². The summed E-state index contributed by atoms with van der Waals surface area (Å²) in [5.74, 6) is 0.282. The second kappa shape index (κ2) is 11.7. The molecule has 0 bridgehead atoms. The lowest BCUT2D eigenvalue weighted by Gasteiger charge is -2.26. The number of Topliss-reactive ketones (excluding diaryl/α,β-unsaturated/α-hetero) is 1. The molecule has 198 valence electrons. The molecule has 3 aromatic carbocycles. The van der Waals surface area contributed by atoms with Crippen LogP contribution in [0.15, 0.2) is 72.3 Å². The van der Waals surface area contributed by atoms with Crippen LogP contribution in [-0.2, 0) is 16.1 Å². The molecule has 1 unspecified atom stereocenters. The van der Waals surface area contributed by atoms with Gasteiger partial charge < -0.3 is 29.0 Å². The second-order valence-electron chi connectivity index (χ2n) is 8.73. The van der Waals surface area contributed by atoms with Crippen molar-refractivity contribution < 1.29 is 33.6 Å². The van der Waals surface area contributed by atoms with Crippen molar-refractivity contribution in [2.24, 2.45) is 0 Å². The highest BCUT2D eigenvalue weighted by molar-refractivity contribution is 6.46. The summed E-state index contributed by atoms with van der Waals surface area (Å²) in [7, 11) is 4.58. The summed E-state index contributed by atoms with van der Waals surface area (Å²) in [6, 6.07) is 18.4. The Labute approximate surface area is 222 Å². The molecule has 1 heterocycles. The standard InChI is InChI=1S/C30H31NO7/c1-5-15-38-22-11-8-10-20(16-22)28(32)26-27(19-13-14-24(36-3)25(17-19)37-4)31(30(34)29(26)33)18-21-9-6-7-12-23(21)35-2/h6-14,16-17,27,32H,5,15,18H2,1-4H3/b28-26-. The van der Waals surface area contributed by atoms with Gasteiger partial charge in [0, 0.05) is 11.1 Å². The maximum atomic E-state index is 13.5. The summed E-state index contributed by atoms with van der Waals surface area (Å²) in [5.41, 5.74) is 1.65. The van der Waals surface area contributed by atoms with E-state index in [4.69, 9.17) is 18.9 Å². The number of ether oxygens (including phenoxy) is 4. The summed E-state index contributed by atoms with van der Waals surface area (Å²) in [6.07, 6.45) is 0.823. The Kier molecular flexibility index (Phi) is 8.21. The molecule has 1 amide bonds. The van der Waals surface area contributed by atoms with Crippen LogP contribution in [0.4, 0.5) is 0 Å². The minimum absolute atomic E-state index is 0.0234. The van der Waals surface area contributed by atoms with Gasteiger partial charge in [0.25, 0.3) is 11.7 Å². The molecule has 1 N–H and O–H groups in total. The molecule has 8 nitrogen and oxygen atoms in total. The first-order valence-corrected chi connectivity index (χ1v) is 12.3. The van der Waals surface area contributed by atoms with Crippen LogP contribution in [0, 0.1) is 0 Å². The van der Waals surface area contributed by atoms with E-state index < -0.39 is 17.7 Å². The number of amides is 1. The molecule has 3 aromatic rings. The number of rotatable bonds is 10. The molecule has 38 heavy (non-hydrogen) atoms. The highest BCUT2D eigenvalue weighted by Crippen LogP contribution is 2.43. The van der Waals surface area contributed by atoms with E-state index in [0.717, 1.165) is 12.0 Å². The van der Waals surface area contributed by atoms with Gasteiger partial charge in [0.15, 0.2) is 11.5 Å². The number of hydrogen-bond acceptors (Lipinski definition) is 7. The lowest BCUT2D eigenvalue weighted by Crippen LogP contribution is -2.29. The lowest BCUT2D eigenvalue weighted by atomic mass is 9.94. The molecule has 8 heteroatoms. The van der Waals surface area contributed by atoms with Gasteiger partial charge in [-0.05, 0) is 42.3 Å². The largest absolute Gasteiger partial charge is 0.507 e. The maximum absolute atomic E-state index is 13.5. The molecule has 4 rings (SSSR count). The molecule has 0 aliphatic carbocycles. The van der Waals surface area contributed by atoms with Crippen molar-refractivity contribution in [1.29, 1.82) is 0 Å². The van der Waals surface area contributed by atoms with Crippen molar-refractivity contribution in [3.05, 3.63) is 89.0 Å². The fraction of sp³-hybridized carbons (Fsp3) is 0.267. The Morgan fingerprint density at radius 2 is 1.61 bits per heavy atom. The van der Waals surface area contributed by atoms with Crippen molar-refractivity contribution in [2.45, 2.75) is 25.9 Å². The highest BCUT2D eigenvalue weighted by Gasteiger charge is 2.46. The number of nitrogens with zero attached hydrogens (tertiary/aromatic N) is 1. The van der Waals surface area contributed by atoms with Gasteiger partial charge in [-0.3, -0.25) is 9.59 Å². The fourth-order valence-electron chi connectivity index (χ4n) is 4.54. The van der Waals surface area contributed by atoms with Crippen molar-refractivity contribution in [3.8, 4) is 23.0 Å². The summed E-state index contributed by atoms with van der Waals surface area (Å²) in [4.78, 5) is 28.3. The average Bonchev–Trinajstić information content (AvgIpc) is 3.20. The fourth-order valence-corrected chi connectivity index (χ4v) is 4.54. The molecular weight excluding hydrogens is 486 g/mol. The first kappa shape index (κ1) is 26.6. The number of carbonyl (C=O) groups is 2. The van der Waals surface area contributed by atoms with E-state index in [-0.39, 0.29) is 17.9 Å². The van der Waals surface area contributed by atoms with Gasteiger partial charge in [-0.25, -0.2) is 0 Å². The topological polar surface area (TPSA) is 94.5 Å². The average molecular weight is 518 g/mol. The zero-order valence-corrected chi connectivity index (χ0v) is 21.9. The SMILES string of the molecule is CCCOc1cccc(/C(O)=C2/C(=O)C(=O)N(Cc3ccccc3OC)C2c2ccc(OC)c(OC)c2)c1. The Morgan fingerprint density at radius 1 is 0.868 bits per heavy atom. The van der Waals surface area contributed by atoms with Gasteiger partial charge in [-0.15, -0.1) is 0 Å². The third-order valence-electron chi connectivity index (χ3n) is 6.38. The van der Waals surface area contributed by atoms with Gasteiger partial charge in [0.05, 0.1) is 46.1 Å². The second-order valence-corrected chi connectivity index (χ2v) is 8.73. The Morgan fingerprint density at radius 3 is 2.32 bits per heavy atom. The van der Waals surface area contributed by atoms with E-state index in [9.17, 15) is 14.7 Å². The minimum Gasteiger partial charge on any atom is -0.507 e. The Hall–Kier alpha value is -4.46. The molecule has 1 fully saturated rings. The Balaban J connectivity index is 1.88. The smallest absolute Gasteiger partial charge is 0.295 e. The zero-order valence-electron chi connectivity index (χ0n) is 21.9. The van der Waals surface area contributed by atoms with Crippen LogP contribution in [0.2, 0.25) is 0 Å². The van der Waals surface area contributed by atoms with Crippen LogP contribution in [0.3, 0.4) is 0 Å². The summed E-state index contributed by atoms with van der Waals surface area (Å²) < 4.78 is 22.0. The number of aliphatic hydroxyl groups excluding tert-OH is 1. The van der Waals surface area contributed by atoms with Gasteiger partial charge in [0.2, 0.25) is 0 Å². The number of methoxy groups -OCH3 is 3. The molecule has 0 saturated carbocycles. The van der Waals surface area contributed by atoms with E-state index in [1.165, 1.54) is 19.1 Å². The van der Waals surface area contributed by atoms with Gasteiger partial charge >= 0.3 is 0 Å². The molecular formula is C30H31NO7. The van der Waals surface area contributed by atoms with Gasteiger partial charge in [0.1, 0.15) is 17.3 Å². The number of carbonyl (C=O) groups excluding carboxylic acids is 2. The van der Waals surface area contributed by atoms with Crippen molar-refractivity contribution in [3.63, 3.8) is 0 Å². The molecule has 0 aromatic heterocycles. The third kappa shape index (κ3) is 5.16. The van der Waals surface area contributed by atoms with Crippen molar-refractivity contribution >= 4 is 17.4 Å². The summed E-state index contributed by atoms with van der Waals surface area (Å²) in [6.45, 7) is 2.60. The maximum Gasteiger partial charge on any atom is 0.295 e. The quantitative estimate of drug-likeness (QED) is 0.227. The lowest BCUT2D eigenvalue weighted by molar-refractivity contribution is -0.140. The van der Waals surface area contributed by atoms with Crippen LogP contribution in [0.5, 0.6) is 23.0 Å².